The van der Waals surface area contributed by atoms with Crippen LogP contribution in [0.2, 0.25) is 0 Å². The Balaban J connectivity index is 2.31. The number of nitrogens with zero attached hydrogens (tertiary/aromatic N) is 1. The van der Waals surface area contributed by atoms with E-state index in [2.05, 4.69) is 6.58 Å². The zero-order chi connectivity index (χ0) is 16.5. The van der Waals surface area contributed by atoms with Crippen molar-refractivity contribution in [2.75, 3.05) is 13.1 Å². The average molecular weight is 319 g/mol. The number of likely N-dealkylation sites (tertiary alicyclic amines) is 1. The van der Waals surface area contributed by atoms with E-state index in [1.807, 2.05) is 0 Å². The Kier molecular flexibility index (Phi) is 4.53. The van der Waals surface area contributed by atoms with E-state index < -0.39 is 36.2 Å². The second-order valence-corrected chi connectivity index (χ2v) is 5.28. The standard InChI is InChI=1S/C15H14F5NO/c1-9-5-6-10(11-3-2-4-12(16)13(11)17)7-21(14(9)22)8-15(18,19)20/h2-4,10H,1,5-8H2/t10-/m1/s1. The minimum Gasteiger partial charge on any atom is -0.329 e. The van der Waals surface area contributed by atoms with Crippen molar-refractivity contribution in [2.24, 2.45) is 0 Å². The Morgan fingerprint density at radius 1 is 1.27 bits per heavy atom. The highest BCUT2D eigenvalue weighted by atomic mass is 19.4. The molecular weight excluding hydrogens is 305 g/mol. The van der Waals surface area contributed by atoms with Gasteiger partial charge in [0.25, 0.3) is 0 Å². The molecule has 0 saturated carbocycles. The smallest absolute Gasteiger partial charge is 0.329 e. The fraction of sp³-hybridized carbons (Fsp3) is 0.400. The Morgan fingerprint density at radius 2 is 1.95 bits per heavy atom. The number of carbonyl (C=O) groups excluding carboxylic acids is 1. The SMILES string of the molecule is C=C1CC[C@@H](c2cccc(F)c2F)CN(CC(F)(F)F)C1=O. The number of carbonyl (C=O) groups is 1. The quantitative estimate of drug-likeness (QED) is 0.600. The topological polar surface area (TPSA) is 20.3 Å². The van der Waals surface area contributed by atoms with Crippen LogP contribution in [0.15, 0.2) is 30.4 Å². The molecular formula is C15H14F5NO. The highest BCUT2D eigenvalue weighted by Gasteiger charge is 2.37. The van der Waals surface area contributed by atoms with Crippen molar-refractivity contribution < 1.29 is 26.7 Å². The van der Waals surface area contributed by atoms with E-state index in [9.17, 15) is 26.7 Å². The van der Waals surface area contributed by atoms with Crippen LogP contribution in [0, 0.1) is 11.6 Å². The van der Waals surface area contributed by atoms with Crippen LogP contribution >= 0.6 is 0 Å². The van der Waals surface area contributed by atoms with E-state index >= 15 is 0 Å². The van der Waals surface area contributed by atoms with Gasteiger partial charge in [0.15, 0.2) is 11.6 Å². The summed E-state index contributed by atoms with van der Waals surface area (Å²) < 4.78 is 64.9. The molecule has 0 spiro atoms. The van der Waals surface area contributed by atoms with Crippen LogP contribution in [0.5, 0.6) is 0 Å². The molecule has 0 radical (unpaired) electrons. The van der Waals surface area contributed by atoms with E-state index in [-0.39, 0.29) is 30.5 Å². The molecule has 0 aromatic heterocycles. The molecule has 0 aliphatic carbocycles. The van der Waals surface area contributed by atoms with Gasteiger partial charge in [-0.2, -0.15) is 13.2 Å². The van der Waals surface area contributed by atoms with Crippen LogP contribution in [0.25, 0.3) is 0 Å². The van der Waals surface area contributed by atoms with Gasteiger partial charge in [0.1, 0.15) is 6.54 Å². The molecule has 2 rings (SSSR count). The molecule has 0 N–H and O–H groups in total. The van der Waals surface area contributed by atoms with Gasteiger partial charge in [-0.3, -0.25) is 4.79 Å². The summed E-state index contributed by atoms with van der Waals surface area (Å²) in [6, 6.07) is 3.56. The molecule has 120 valence electrons. The summed E-state index contributed by atoms with van der Waals surface area (Å²) >= 11 is 0. The maximum absolute atomic E-state index is 13.9. The summed E-state index contributed by atoms with van der Waals surface area (Å²) in [5.74, 6) is -3.65. The summed E-state index contributed by atoms with van der Waals surface area (Å²) in [6.07, 6.45) is -4.18. The van der Waals surface area contributed by atoms with Crippen molar-refractivity contribution in [3.8, 4) is 0 Å². The Morgan fingerprint density at radius 3 is 2.59 bits per heavy atom. The fourth-order valence-corrected chi connectivity index (χ4v) is 2.56. The molecule has 7 heteroatoms. The number of rotatable bonds is 2. The van der Waals surface area contributed by atoms with Gasteiger partial charge in [0.2, 0.25) is 5.91 Å². The van der Waals surface area contributed by atoms with Crippen LogP contribution in [0.3, 0.4) is 0 Å². The molecule has 0 unspecified atom stereocenters. The third-order valence-electron chi connectivity index (χ3n) is 3.62. The van der Waals surface area contributed by atoms with E-state index in [0.29, 0.717) is 4.90 Å². The lowest BCUT2D eigenvalue weighted by molar-refractivity contribution is -0.158. The molecule has 2 nitrogen and oxygen atoms in total. The lowest BCUT2D eigenvalue weighted by atomic mass is 9.93. The molecule has 1 amide bonds. The fourth-order valence-electron chi connectivity index (χ4n) is 2.56. The van der Waals surface area contributed by atoms with Crippen molar-refractivity contribution in [2.45, 2.75) is 24.9 Å². The molecule has 22 heavy (non-hydrogen) atoms. The summed E-state index contributed by atoms with van der Waals surface area (Å²) in [5.41, 5.74) is 0.0261. The molecule has 1 fully saturated rings. The highest BCUT2D eigenvalue weighted by Crippen LogP contribution is 2.32. The first-order valence-electron chi connectivity index (χ1n) is 6.66. The van der Waals surface area contributed by atoms with E-state index in [4.69, 9.17) is 0 Å². The Labute approximate surface area is 124 Å². The number of benzene rings is 1. The van der Waals surface area contributed by atoms with Gasteiger partial charge in [-0.05, 0) is 24.5 Å². The lowest BCUT2D eigenvalue weighted by Gasteiger charge is -2.26. The van der Waals surface area contributed by atoms with Gasteiger partial charge in [0.05, 0.1) is 0 Å². The van der Waals surface area contributed by atoms with E-state index in [0.717, 1.165) is 6.07 Å². The molecule has 1 aromatic carbocycles. The van der Waals surface area contributed by atoms with Crippen molar-refractivity contribution in [3.05, 3.63) is 47.5 Å². The third-order valence-corrected chi connectivity index (χ3v) is 3.62. The van der Waals surface area contributed by atoms with Gasteiger partial charge in [0, 0.05) is 18.0 Å². The van der Waals surface area contributed by atoms with Crippen LogP contribution in [0.1, 0.15) is 24.3 Å². The average Bonchev–Trinajstić information content (AvgIpc) is 2.54. The number of amides is 1. The first kappa shape index (κ1) is 16.5. The predicted molar refractivity (Wildman–Crippen MR) is 70.1 cm³/mol. The van der Waals surface area contributed by atoms with Crippen molar-refractivity contribution in [1.82, 2.24) is 4.90 Å². The Hall–Kier alpha value is -1.92. The minimum atomic E-state index is -4.56. The minimum absolute atomic E-state index is 0.0188. The molecule has 1 saturated heterocycles. The van der Waals surface area contributed by atoms with E-state index in [1.165, 1.54) is 12.1 Å². The molecule has 1 atom stereocenters. The third kappa shape index (κ3) is 3.64. The number of hydrogen-bond acceptors (Lipinski definition) is 1. The lowest BCUT2D eigenvalue weighted by Crippen LogP contribution is -2.40. The van der Waals surface area contributed by atoms with Crippen molar-refractivity contribution in [3.63, 3.8) is 0 Å². The first-order valence-corrected chi connectivity index (χ1v) is 6.66. The van der Waals surface area contributed by atoms with Crippen LogP contribution in [-0.2, 0) is 4.79 Å². The van der Waals surface area contributed by atoms with Crippen LogP contribution < -0.4 is 0 Å². The van der Waals surface area contributed by atoms with Gasteiger partial charge in [-0.1, -0.05) is 18.7 Å². The summed E-state index contributed by atoms with van der Waals surface area (Å²) in [6.45, 7) is 1.72. The zero-order valence-corrected chi connectivity index (χ0v) is 11.6. The summed E-state index contributed by atoms with van der Waals surface area (Å²) in [7, 11) is 0. The first-order chi connectivity index (χ1) is 10.2. The summed E-state index contributed by atoms with van der Waals surface area (Å²) in [4.78, 5) is 12.5. The molecule has 0 bridgehead atoms. The van der Waals surface area contributed by atoms with Gasteiger partial charge >= 0.3 is 6.18 Å². The summed E-state index contributed by atoms with van der Waals surface area (Å²) in [5, 5.41) is 0. The maximum atomic E-state index is 13.9. The largest absolute Gasteiger partial charge is 0.406 e. The van der Waals surface area contributed by atoms with Gasteiger partial charge in [-0.25, -0.2) is 8.78 Å². The van der Waals surface area contributed by atoms with Gasteiger partial charge in [-0.15, -0.1) is 0 Å². The maximum Gasteiger partial charge on any atom is 0.406 e. The molecule has 1 aliphatic rings. The molecule has 1 aromatic rings. The highest BCUT2D eigenvalue weighted by molar-refractivity contribution is 5.93. The van der Waals surface area contributed by atoms with Crippen LogP contribution in [-0.4, -0.2) is 30.1 Å². The number of alkyl halides is 3. The monoisotopic (exact) mass is 319 g/mol. The van der Waals surface area contributed by atoms with Gasteiger partial charge < -0.3 is 4.90 Å². The van der Waals surface area contributed by atoms with E-state index in [1.54, 1.807) is 0 Å². The van der Waals surface area contributed by atoms with Crippen LogP contribution in [0.4, 0.5) is 22.0 Å². The van der Waals surface area contributed by atoms with Crippen molar-refractivity contribution in [1.29, 1.82) is 0 Å². The Bertz CT molecular complexity index is 596. The predicted octanol–water partition coefficient (Wildman–Crippen LogP) is 3.79. The molecule has 1 heterocycles. The number of halogens is 5. The number of hydrogen-bond donors (Lipinski definition) is 0. The zero-order valence-electron chi connectivity index (χ0n) is 11.6. The molecule has 1 aliphatic heterocycles. The normalized spacial score (nSPS) is 20.2. The second kappa shape index (κ2) is 6.06. The van der Waals surface area contributed by atoms with Crippen molar-refractivity contribution >= 4 is 5.91 Å². The second-order valence-electron chi connectivity index (χ2n) is 5.28.